The summed E-state index contributed by atoms with van der Waals surface area (Å²) in [6.07, 6.45) is 4.33. The molecule has 3 fully saturated rings. The highest BCUT2D eigenvalue weighted by molar-refractivity contribution is 8.00. The van der Waals surface area contributed by atoms with Crippen LogP contribution in [0.1, 0.15) is 26.2 Å². The van der Waals surface area contributed by atoms with E-state index in [0.29, 0.717) is 4.75 Å². The van der Waals surface area contributed by atoms with E-state index in [2.05, 4.69) is 49.0 Å². The molecule has 4 rings (SSSR count). The zero-order valence-electron chi connectivity index (χ0n) is 7.92. The number of thioether (sulfide) groups is 1. The molecule has 68 valence electrons. The van der Waals surface area contributed by atoms with E-state index in [1.165, 1.54) is 24.2 Å². The minimum atomic E-state index is 0.649. The molecule has 0 heterocycles. The Labute approximate surface area is 83.7 Å². The van der Waals surface area contributed by atoms with E-state index in [1.54, 1.807) is 0 Å². The van der Waals surface area contributed by atoms with Crippen molar-refractivity contribution < 1.29 is 0 Å². The maximum absolute atomic E-state index is 2.42. The lowest BCUT2D eigenvalue weighted by atomic mass is 9.45. The van der Waals surface area contributed by atoms with Gasteiger partial charge in [0.25, 0.3) is 0 Å². The van der Waals surface area contributed by atoms with Crippen LogP contribution in [0, 0.1) is 5.41 Å². The van der Waals surface area contributed by atoms with Crippen LogP contribution in [0.15, 0.2) is 35.2 Å². The van der Waals surface area contributed by atoms with E-state index in [4.69, 9.17) is 0 Å². The largest absolute Gasteiger partial charge is 0.119 e. The van der Waals surface area contributed by atoms with Crippen molar-refractivity contribution in [3.05, 3.63) is 30.3 Å². The van der Waals surface area contributed by atoms with Gasteiger partial charge in [-0.1, -0.05) is 25.1 Å². The normalized spacial score (nSPS) is 40.7. The van der Waals surface area contributed by atoms with Crippen LogP contribution in [0.25, 0.3) is 0 Å². The molecule has 3 saturated carbocycles. The van der Waals surface area contributed by atoms with E-state index in [9.17, 15) is 0 Å². The van der Waals surface area contributed by atoms with Gasteiger partial charge in [0.05, 0.1) is 0 Å². The number of hydrogen-bond donors (Lipinski definition) is 0. The van der Waals surface area contributed by atoms with Crippen LogP contribution >= 0.6 is 11.8 Å². The summed E-state index contributed by atoms with van der Waals surface area (Å²) >= 11 is 2.10. The number of benzene rings is 1. The topological polar surface area (TPSA) is 0 Å². The molecule has 3 aliphatic rings. The zero-order chi connectivity index (χ0) is 8.94. The van der Waals surface area contributed by atoms with Gasteiger partial charge in [0.2, 0.25) is 0 Å². The van der Waals surface area contributed by atoms with Crippen molar-refractivity contribution in [3.8, 4) is 0 Å². The van der Waals surface area contributed by atoms with Gasteiger partial charge in [-0.25, -0.2) is 0 Å². The lowest BCUT2D eigenvalue weighted by Crippen LogP contribution is -2.63. The lowest BCUT2D eigenvalue weighted by Gasteiger charge is -2.69. The van der Waals surface area contributed by atoms with Crippen LogP contribution in [0.5, 0.6) is 0 Å². The van der Waals surface area contributed by atoms with E-state index in [0.717, 1.165) is 5.41 Å². The molecular formula is C12H14S. The van der Waals surface area contributed by atoms with E-state index in [-0.39, 0.29) is 0 Å². The summed E-state index contributed by atoms with van der Waals surface area (Å²) in [4.78, 5) is 1.45. The second kappa shape index (κ2) is 2.33. The molecule has 0 N–H and O–H groups in total. The Morgan fingerprint density at radius 3 is 2.23 bits per heavy atom. The zero-order valence-corrected chi connectivity index (χ0v) is 8.73. The van der Waals surface area contributed by atoms with Crippen molar-refractivity contribution in [1.82, 2.24) is 0 Å². The summed E-state index contributed by atoms with van der Waals surface area (Å²) in [5.74, 6) is 0. The van der Waals surface area contributed by atoms with Crippen LogP contribution < -0.4 is 0 Å². The third kappa shape index (κ3) is 1.13. The standard InChI is InChI=1S/C12H14S/c1-11-7-12(8-11,9-11)13-10-5-3-2-4-6-10/h2-6H,7-9H2,1H3. The van der Waals surface area contributed by atoms with Gasteiger partial charge >= 0.3 is 0 Å². The van der Waals surface area contributed by atoms with Crippen molar-refractivity contribution >= 4 is 11.8 Å². The SMILES string of the molecule is CC12CC(Sc3ccccc3)(C1)C2. The molecule has 0 saturated heterocycles. The molecule has 1 heteroatoms. The maximum Gasteiger partial charge on any atom is 0.0222 e. The summed E-state index contributed by atoms with van der Waals surface area (Å²) in [7, 11) is 0. The Bertz CT molecular complexity index is 308. The van der Waals surface area contributed by atoms with Crippen molar-refractivity contribution in [3.63, 3.8) is 0 Å². The molecule has 0 unspecified atom stereocenters. The second-order valence-corrected chi connectivity index (χ2v) is 6.48. The summed E-state index contributed by atoms with van der Waals surface area (Å²) in [6, 6.07) is 10.8. The van der Waals surface area contributed by atoms with E-state index >= 15 is 0 Å². The molecule has 2 bridgehead atoms. The summed E-state index contributed by atoms with van der Waals surface area (Å²) in [6.45, 7) is 2.42. The fraction of sp³-hybridized carbons (Fsp3) is 0.500. The second-order valence-electron chi connectivity index (χ2n) is 4.94. The first-order valence-electron chi connectivity index (χ1n) is 4.94. The van der Waals surface area contributed by atoms with Crippen molar-refractivity contribution in [1.29, 1.82) is 0 Å². The minimum Gasteiger partial charge on any atom is -0.119 e. The Balaban J connectivity index is 1.72. The summed E-state index contributed by atoms with van der Waals surface area (Å²) in [5, 5.41) is 0. The van der Waals surface area contributed by atoms with Crippen molar-refractivity contribution in [2.75, 3.05) is 0 Å². The molecule has 0 atom stereocenters. The third-order valence-electron chi connectivity index (χ3n) is 3.32. The summed E-state index contributed by atoms with van der Waals surface area (Å²) in [5.41, 5.74) is 0.738. The highest BCUT2D eigenvalue weighted by Crippen LogP contribution is 2.73. The number of hydrogen-bond acceptors (Lipinski definition) is 1. The molecule has 0 aromatic heterocycles. The number of rotatable bonds is 2. The van der Waals surface area contributed by atoms with Crippen LogP contribution in [0.4, 0.5) is 0 Å². The average Bonchev–Trinajstić information content (AvgIpc) is 2.02. The van der Waals surface area contributed by atoms with Gasteiger partial charge in [0.1, 0.15) is 0 Å². The molecule has 3 aliphatic carbocycles. The van der Waals surface area contributed by atoms with E-state index in [1.807, 2.05) is 0 Å². The van der Waals surface area contributed by atoms with E-state index < -0.39 is 0 Å². The minimum absolute atomic E-state index is 0.649. The van der Waals surface area contributed by atoms with Gasteiger partial charge < -0.3 is 0 Å². The van der Waals surface area contributed by atoms with Gasteiger partial charge in [-0.2, -0.15) is 0 Å². The van der Waals surface area contributed by atoms with Crippen LogP contribution in [0.3, 0.4) is 0 Å². The summed E-state index contributed by atoms with van der Waals surface area (Å²) < 4.78 is 0.649. The van der Waals surface area contributed by atoms with Gasteiger partial charge in [-0.05, 0) is 36.8 Å². The molecular weight excluding hydrogens is 176 g/mol. The van der Waals surface area contributed by atoms with Crippen LogP contribution in [-0.4, -0.2) is 4.75 Å². The smallest absolute Gasteiger partial charge is 0.0222 e. The highest BCUT2D eigenvalue weighted by atomic mass is 32.2. The highest BCUT2D eigenvalue weighted by Gasteiger charge is 2.65. The first-order chi connectivity index (χ1) is 6.20. The molecule has 0 aliphatic heterocycles. The molecule has 0 radical (unpaired) electrons. The van der Waals surface area contributed by atoms with Gasteiger partial charge in [-0.3, -0.25) is 0 Å². The van der Waals surface area contributed by atoms with Gasteiger partial charge in [0, 0.05) is 9.64 Å². The van der Waals surface area contributed by atoms with Gasteiger partial charge in [0.15, 0.2) is 0 Å². The average molecular weight is 190 g/mol. The molecule has 1 aromatic rings. The Morgan fingerprint density at radius 2 is 1.69 bits per heavy atom. The van der Waals surface area contributed by atoms with Gasteiger partial charge in [-0.15, -0.1) is 11.8 Å². The molecule has 13 heavy (non-hydrogen) atoms. The molecule has 0 spiro atoms. The molecule has 0 amide bonds. The Morgan fingerprint density at radius 1 is 1.08 bits per heavy atom. The van der Waals surface area contributed by atoms with Crippen LogP contribution in [-0.2, 0) is 0 Å². The fourth-order valence-corrected chi connectivity index (χ4v) is 5.08. The predicted octanol–water partition coefficient (Wildman–Crippen LogP) is 3.72. The Kier molecular flexibility index (Phi) is 1.42. The third-order valence-corrected chi connectivity index (χ3v) is 4.70. The quantitative estimate of drug-likeness (QED) is 0.685. The molecule has 1 aromatic carbocycles. The first-order valence-corrected chi connectivity index (χ1v) is 5.76. The first kappa shape index (κ1) is 7.93. The predicted molar refractivity (Wildman–Crippen MR) is 57.0 cm³/mol. The maximum atomic E-state index is 2.42. The molecule has 0 nitrogen and oxygen atoms in total. The van der Waals surface area contributed by atoms with Crippen molar-refractivity contribution in [2.45, 2.75) is 35.8 Å². The fourth-order valence-electron chi connectivity index (χ4n) is 3.02. The lowest BCUT2D eigenvalue weighted by molar-refractivity contribution is -0.0558. The Hall–Kier alpha value is -0.430. The monoisotopic (exact) mass is 190 g/mol. The van der Waals surface area contributed by atoms with Crippen LogP contribution in [0.2, 0.25) is 0 Å². The van der Waals surface area contributed by atoms with Crippen molar-refractivity contribution in [2.24, 2.45) is 5.41 Å².